The van der Waals surface area contributed by atoms with Gasteiger partial charge in [0.05, 0.1) is 18.1 Å². The van der Waals surface area contributed by atoms with Crippen LogP contribution in [0.25, 0.3) is 5.57 Å². The summed E-state index contributed by atoms with van der Waals surface area (Å²) in [7, 11) is 0. The zero-order chi connectivity index (χ0) is 16.8. The fraction of sp³-hybridized carbons (Fsp3) is 0.412. The average Bonchev–Trinajstić information content (AvgIpc) is 2.76. The Morgan fingerprint density at radius 1 is 1.39 bits per heavy atom. The number of carboxylic acid groups (broad SMARTS) is 1. The SMILES string of the molecule is CC12CCC(=O)C=C1c1c(cc(OCCC(=O)O)c(Cl)c1Cl)C2. The number of allylic oxidation sites excluding steroid dienone is 2. The quantitative estimate of drug-likeness (QED) is 0.881. The van der Waals surface area contributed by atoms with Gasteiger partial charge in [0, 0.05) is 12.0 Å². The number of ketones is 1. The van der Waals surface area contributed by atoms with Gasteiger partial charge >= 0.3 is 5.97 Å². The molecule has 1 atom stereocenters. The third-order valence-electron chi connectivity index (χ3n) is 4.56. The fourth-order valence-electron chi connectivity index (χ4n) is 3.36. The number of hydrogen-bond acceptors (Lipinski definition) is 3. The number of aliphatic carboxylic acids is 1. The number of carbonyl (C=O) groups excluding carboxylic acids is 1. The van der Waals surface area contributed by atoms with E-state index < -0.39 is 5.97 Å². The van der Waals surface area contributed by atoms with Gasteiger partial charge in [-0.1, -0.05) is 30.1 Å². The van der Waals surface area contributed by atoms with E-state index in [2.05, 4.69) is 6.92 Å². The molecule has 2 aliphatic carbocycles. The summed E-state index contributed by atoms with van der Waals surface area (Å²) in [6, 6.07) is 1.82. The summed E-state index contributed by atoms with van der Waals surface area (Å²) in [5.74, 6) is -0.430. The van der Waals surface area contributed by atoms with Crippen LogP contribution in [0.1, 0.15) is 37.3 Å². The van der Waals surface area contributed by atoms with Crippen LogP contribution in [0.2, 0.25) is 10.0 Å². The molecule has 0 amide bonds. The summed E-state index contributed by atoms with van der Waals surface area (Å²) in [5.41, 5.74) is 2.67. The Hall–Kier alpha value is -1.52. The average molecular weight is 355 g/mol. The molecule has 1 N–H and O–H groups in total. The van der Waals surface area contributed by atoms with E-state index in [4.69, 9.17) is 33.0 Å². The first kappa shape index (κ1) is 16.3. The number of fused-ring (bicyclic) bond motifs is 3. The first-order chi connectivity index (χ1) is 10.8. The van der Waals surface area contributed by atoms with Gasteiger partial charge < -0.3 is 9.84 Å². The molecule has 1 aromatic rings. The van der Waals surface area contributed by atoms with Gasteiger partial charge in [-0.05, 0) is 41.5 Å². The van der Waals surface area contributed by atoms with Crippen molar-refractivity contribution in [1.82, 2.24) is 0 Å². The van der Waals surface area contributed by atoms with Gasteiger partial charge in [0.2, 0.25) is 0 Å². The summed E-state index contributed by atoms with van der Waals surface area (Å²) in [6.45, 7) is 2.16. The molecule has 0 spiro atoms. The highest BCUT2D eigenvalue weighted by atomic mass is 35.5. The second-order valence-corrected chi connectivity index (χ2v) is 7.05. The minimum absolute atomic E-state index is 0.0304. The maximum absolute atomic E-state index is 11.8. The van der Waals surface area contributed by atoms with E-state index in [1.807, 2.05) is 6.07 Å². The highest BCUT2D eigenvalue weighted by molar-refractivity contribution is 6.44. The van der Waals surface area contributed by atoms with Crippen molar-refractivity contribution in [3.05, 3.63) is 33.3 Å². The largest absolute Gasteiger partial charge is 0.491 e. The van der Waals surface area contributed by atoms with Crippen LogP contribution in [0, 0.1) is 5.41 Å². The molecule has 0 bridgehead atoms. The van der Waals surface area contributed by atoms with E-state index in [9.17, 15) is 9.59 Å². The molecule has 0 aliphatic heterocycles. The lowest BCUT2D eigenvalue weighted by atomic mass is 9.74. The first-order valence-corrected chi connectivity index (χ1v) is 8.18. The number of hydrogen-bond donors (Lipinski definition) is 1. The van der Waals surface area contributed by atoms with Crippen molar-refractivity contribution in [2.45, 2.75) is 32.6 Å². The maximum atomic E-state index is 11.8. The van der Waals surface area contributed by atoms with E-state index in [0.29, 0.717) is 17.2 Å². The monoisotopic (exact) mass is 354 g/mol. The summed E-state index contributed by atoms with van der Waals surface area (Å²) in [4.78, 5) is 22.4. The van der Waals surface area contributed by atoms with Crippen molar-refractivity contribution in [2.75, 3.05) is 6.61 Å². The lowest BCUT2D eigenvalue weighted by Gasteiger charge is -2.29. The smallest absolute Gasteiger partial charge is 0.306 e. The molecule has 4 nitrogen and oxygen atoms in total. The Labute approximate surface area is 144 Å². The molecule has 1 aromatic carbocycles. The standard InChI is InChI=1S/C17H16Cl2O4/c1-17-4-2-10(20)7-11(17)14-9(8-17)6-12(15(18)16(14)19)23-5-3-13(21)22/h6-7H,2-5,8H2,1H3,(H,21,22). The fourth-order valence-corrected chi connectivity index (χ4v) is 3.88. The maximum Gasteiger partial charge on any atom is 0.306 e. The molecular weight excluding hydrogens is 339 g/mol. The molecule has 0 heterocycles. The number of ether oxygens (including phenoxy) is 1. The van der Waals surface area contributed by atoms with Crippen LogP contribution in [0.3, 0.4) is 0 Å². The molecule has 0 radical (unpaired) electrons. The minimum Gasteiger partial charge on any atom is -0.491 e. The Balaban J connectivity index is 1.99. The third-order valence-corrected chi connectivity index (χ3v) is 5.41. The number of carboxylic acids is 1. The van der Waals surface area contributed by atoms with Crippen molar-refractivity contribution in [3.8, 4) is 5.75 Å². The van der Waals surface area contributed by atoms with Gasteiger partial charge in [-0.25, -0.2) is 0 Å². The Morgan fingerprint density at radius 3 is 2.83 bits per heavy atom. The lowest BCUT2D eigenvalue weighted by molar-refractivity contribution is -0.137. The first-order valence-electron chi connectivity index (χ1n) is 7.43. The summed E-state index contributed by atoms with van der Waals surface area (Å²) >= 11 is 12.7. The minimum atomic E-state index is -0.935. The lowest BCUT2D eigenvalue weighted by Crippen LogP contribution is -2.21. The number of carbonyl (C=O) groups is 2. The number of benzene rings is 1. The number of halogens is 2. The topological polar surface area (TPSA) is 63.6 Å². The molecule has 0 saturated carbocycles. The van der Waals surface area contributed by atoms with Gasteiger partial charge in [-0.15, -0.1) is 0 Å². The van der Waals surface area contributed by atoms with E-state index >= 15 is 0 Å². The Kier molecular flexibility index (Phi) is 4.15. The molecule has 122 valence electrons. The predicted molar refractivity (Wildman–Crippen MR) is 88.2 cm³/mol. The molecule has 3 rings (SSSR count). The van der Waals surface area contributed by atoms with Crippen LogP contribution >= 0.6 is 23.2 Å². The zero-order valence-corrected chi connectivity index (χ0v) is 14.1. The Bertz CT molecular complexity index is 739. The van der Waals surface area contributed by atoms with Crippen molar-refractivity contribution >= 4 is 40.5 Å². The van der Waals surface area contributed by atoms with Gasteiger partial charge in [-0.2, -0.15) is 0 Å². The van der Waals surface area contributed by atoms with Gasteiger partial charge in [0.15, 0.2) is 5.78 Å². The third kappa shape index (κ3) is 2.86. The van der Waals surface area contributed by atoms with E-state index in [1.54, 1.807) is 6.08 Å². The predicted octanol–water partition coefficient (Wildman–Crippen LogP) is 4.16. The van der Waals surface area contributed by atoms with Crippen LogP contribution in [0.4, 0.5) is 0 Å². The van der Waals surface area contributed by atoms with E-state index in [-0.39, 0.29) is 29.2 Å². The van der Waals surface area contributed by atoms with Crippen LogP contribution < -0.4 is 4.74 Å². The zero-order valence-electron chi connectivity index (χ0n) is 12.6. The van der Waals surface area contributed by atoms with E-state index in [0.717, 1.165) is 29.5 Å². The van der Waals surface area contributed by atoms with Gasteiger partial charge in [0.25, 0.3) is 0 Å². The molecule has 0 aromatic heterocycles. The molecule has 1 unspecified atom stereocenters. The highest BCUT2D eigenvalue weighted by Crippen LogP contribution is 2.55. The van der Waals surface area contributed by atoms with Crippen molar-refractivity contribution < 1.29 is 19.4 Å². The second-order valence-electron chi connectivity index (χ2n) is 6.29. The van der Waals surface area contributed by atoms with Crippen molar-refractivity contribution in [2.24, 2.45) is 5.41 Å². The molecule has 0 saturated heterocycles. The molecule has 2 aliphatic rings. The molecular formula is C17H16Cl2O4. The van der Waals surface area contributed by atoms with Gasteiger partial charge in [-0.3, -0.25) is 9.59 Å². The highest BCUT2D eigenvalue weighted by Gasteiger charge is 2.42. The molecule has 23 heavy (non-hydrogen) atoms. The van der Waals surface area contributed by atoms with Crippen LogP contribution in [-0.4, -0.2) is 23.5 Å². The normalized spacial score (nSPS) is 22.4. The summed E-state index contributed by atoms with van der Waals surface area (Å²) < 4.78 is 5.48. The molecule has 0 fully saturated rings. The van der Waals surface area contributed by atoms with Crippen LogP contribution in [-0.2, 0) is 16.0 Å². The van der Waals surface area contributed by atoms with Crippen molar-refractivity contribution in [1.29, 1.82) is 0 Å². The number of rotatable bonds is 4. The second kappa shape index (κ2) is 5.84. The summed E-state index contributed by atoms with van der Waals surface area (Å²) in [5, 5.41) is 9.33. The Morgan fingerprint density at radius 2 is 2.13 bits per heavy atom. The van der Waals surface area contributed by atoms with Crippen molar-refractivity contribution in [3.63, 3.8) is 0 Å². The summed E-state index contributed by atoms with van der Waals surface area (Å²) in [6.07, 6.45) is 3.68. The molecule has 6 heteroatoms. The van der Waals surface area contributed by atoms with Crippen LogP contribution in [0.15, 0.2) is 12.1 Å². The van der Waals surface area contributed by atoms with Gasteiger partial charge in [0.1, 0.15) is 10.8 Å². The van der Waals surface area contributed by atoms with E-state index in [1.165, 1.54) is 0 Å². The van der Waals surface area contributed by atoms with Crippen LogP contribution in [0.5, 0.6) is 5.75 Å².